The number of nitrogens with two attached hydrogens (primary N) is 1. The normalized spacial score (nSPS) is 20.2. The molecule has 1 aliphatic rings. The van der Waals surface area contributed by atoms with Gasteiger partial charge in [0.25, 0.3) is 0 Å². The van der Waals surface area contributed by atoms with Gasteiger partial charge in [-0.25, -0.2) is 0 Å². The van der Waals surface area contributed by atoms with Gasteiger partial charge in [-0.3, -0.25) is 0 Å². The van der Waals surface area contributed by atoms with E-state index in [9.17, 15) is 0 Å². The standard InChI is InChI=1S/C13H21N5S/c1-3-8-13(2,14)11-17-18-10(9-6-4-5-7-9)15-16-12(18)19-11/h9H,3-8,14H2,1-2H3. The van der Waals surface area contributed by atoms with Crippen LogP contribution in [0.4, 0.5) is 0 Å². The van der Waals surface area contributed by atoms with E-state index in [1.807, 2.05) is 4.52 Å². The average molecular weight is 279 g/mol. The third-order valence-corrected chi connectivity index (χ3v) is 5.17. The van der Waals surface area contributed by atoms with Crippen LogP contribution in [-0.4, -0.2) is 19.8 Å². The van der Waals surface area contributed by atoms with Gasteiger partial charge in [-0.1, -0.05) is 37.5 Å². The molecule has 3 rings (SSSR count). The zero-order valence-corrected chi connectivity index (χ0v) is 12.4. The quantitative estimate of drug-likeness (QED) is 0.934. The van der Waals surface area contributed by atoms with Crippen LogP contribution in [0.2, 0.25) is 0 Å². The second kappa shape index (κ2) is 4.83. The second-order valence-corrected chi connectivity index (χ2v) is 6.76. The van der Waals surface area contributed by atoms with E-state index in [1.54, 1.807) is 11.3 Å². The molecular formula is C13H21N5S. The Bertz CT molecular complexity index is 565. The van der Waals surface area contributed by atoms with Crippen LogP contribution in [0.5, 0.6) is 0 Å². The van der Waals surface area contributed by atoms with Crippen molar-refractivity contribution in [3.05, 3.63) is 10.8 Å². The Balaban J connectivity index is 1.97. The Morgan fingerprint density at radius 2 is 2.11 bits per heavy atom. The van der Waals surface area contributed by atoms with Crippen molar-refractivity contribution in [1.82, 2.24) is 19.8 Å². The zero-order valence-electron chi connectivity index (χ0n) is 11.6. The lowest BCUT2D eigenvalue weighted by molar-refractivity contribution is 0.438. The lowest BCUT2D eigenvalue weighted by Crippen LogP contribution is -2.32. The molecule has 5 nitrogen and oxygen atoms in total. The van der Waals surface area contributed by atoms with Crippen molar-refractivity contribution in [3.63, 3.8) is 0 Å². The summed E-state index contributed by atoms with van der Waals surface area (Å²) in [5, 5.41) is 14.3. The lowest BCUT2D eigenvalue weighted by Gasteiger charge is -2.20. The summed E-state index contributed by atoms with van der Waals surface area (Å²) in [6.07, 6.45) is 7.01. The van der Waals surface area contributed by atoms with Gasteiger partial charge >= 0.3 is 0 Å². The molecule has 0 radical (unpaired) electrons. The lowest BCUT2D eigenvalue weighted by atomic mass is 9.99. The van der Waals surface area contributed by atoms with Gasteiger partial charge in [0, 0.05) is 5.92 Å². The molecule has 1 unspecified atom stereocenters. The van der Waals surface area contributed by atoms with Crippen molar-refractivity contribution >= 4 is 16.3 Å². The van der Waals surface area contributed by atoms with Crippen LogP contribution in [0.15, 0.2) is 0 Å². The van der Waals surface area contributed by atoms with Crippen molar-refractivity contribution < 1.29 is 0 Å². The largest absolute Gasteiger partial charge is 0.320 e. The fraction of sp³-hybridized carbons (Fsp3) is 0.769. The highest BCUT2D eigenvalue weighted by molar-refractivity contribution is 7.16. The van der Waals surface area contributed by atoms with E-state index < -0.39 is 0 Å². The number of hydrogen-bond donors (Lipinski definition) is 1. The molecule has 19 heavy (non-hydrogen) atoms. The van der Waals surface area contributed by atoms with Crippen LogP contribution in [0.25, 0.3) is 4.96 Å². The molecule has 2 aromatic heterocycles. The van der Waals surface area contributed by atoms with Crippen molar-refractivity contribution in [3.8, 4) is 0 Å². The third-order valence-electron chi connectivity index (χ3n) is 3.99. The van der Waals surface area contributed by atoms with Gasteiger partial charge in [-0.2, -0.15) is 9.61 Å². The Morgan fingerprint density at radius 1 is 1.37 bits per heavy atom. The van der Waals surface area contributed by atoms with E-state index in [0.717, 1.165) is 28.6 Å². The van der Waals surface area contributed by atoms with Gasteiger partial charge in [0.1, 0.15) is 5.01 Å². The van der Waals surface area contributed by atoms with Crippen molar-refractivity contribution in [2.75, 3.05) is 0 Å². The highest BCUT2D eigenvalue weighted by Gasteiger charge is 2.28. The minimum absolute atomic E-state index is 0.354. The first-order valence-corrected chi connectivity index (χ1v) is 7.95. The first-order chi connectivity index (χ1) is 9.12. The van der Waals surface area contributed by atoms with Gasteiger partial charge in [-0.15, -0.1) is 10.2 Å². The molecule has 0 amide bonds. The molecule has 1 aliphatic carbocycles. The smallest absolute Gasteiger partial charge is 0.234 e. The first kappa shape index (κ1) is 13.0. The van der Waals surface area contributed by atoms with Gasteiger partial charge in [0.05, 0.1) is 5.54 Å². The summed E-state index contributed by atoms with van der Waals surface area (Å²) < 4.78 is 1.93. The van der Waals surface area contributed by atoms with Crippen LogP contribution in [-0.2, 0) is 5.54 Å². The summed E-state index contributed by atoms with van der Waals surface area (Å²) in [4.78, 5) is 0.879. The maximum Gasteiger partial charge on any atom is 0.234 e. The van der Waals surface area contributed by atoms with Crippen LogP contribution >= 0.6 is 11.3 Å². The Labute approximate surface area is 117 Å². The Hall–Kier alpha value is -1.01. The highest BCUT2D eigenvalue weighted by Crippen LogP contribution is 2.34. The molecule has 0 aromatic carbocycles. The van der Waals surface area contributed by atoms with E-state index in [1.165, 1.54) is 25.7 Å². The summed E-state index contributed by atoms with van der Waals surface area (Å²) >= 11 is 1.58. The average Bonchev–Trinajstić information content (AvgIpc) is 3.04. The summed E-state index contributed by atoms with van der Waals surface area (Å²) in [6.45, 7) is 4.20. The molecule has 1 atom stereocenters. The number of hydrogen-bond acceptors (Lipinski definition) is 5. The van der Waals surface area contributed by atoms with Crippen molar-refractivity contribution in [2.45, 2.75) is 63.8 Å². The summed E-state index contributed by atoms with van der Waals surface area (Å²) in [5.41, 5.74) is 6.01. The summed E-state index contributed by atoms with van der Waals surface area (Å²) in [6, 6.07) is 0. The summed E-state index contributed by atoms with van der Waals surface area (Å²) in [7, 11) is 0. The summed E-state index contributed by atoms with van der Waals surface area (Å²) in [5.74, 6) is 1.56. The van der Waals surface area contributed by atoms with E-state index >= 15 is 0 Å². The molecule has 2 aromatic rings. The van der Waals surface area contributed by atoms with Crippen LogP contribution in [0.1, 0.15) is 69.1 Å². The molecule has 0 spiro atoms. The third kappa shape index (κ3) is 2.27. The van der Waals surface area contributed by atoms with E-state index in [0.29, 0.717) is 5.92 Å². The predicted octanol–water partition coefficient (Wildman–Crippen LogP) is 2.82. The van der Waals surface area contributed by atoms with E-state index in [-0.39, 0.29) is 5.54 Å². The van der Waals surface area contributed by atoms with Crippen molar-refractivity contribution in [2.24, 2.45) is 5.73 Å². The molecule has 2 N–H and O–H groups in total. The minimum Gasteiger partial charge on any atom is -0.320 e. The Kier molecular flexibility index (Phi) is 3.30. The van der Waals surface area contributed by atoms with Gasteiger partial charge < -0.3 is 5.73 Å². The van der Waals surface area contributed by atoms with Gasteiger partial charge in [-0.05, 0) is 26.2 Å². The minimum atomic E-state index is -0.354. The molecular weight excluding hydrogens is 258 g/mol. The number of nitrogens with zero attached hydrogens (tertiary/aromatic N) is 4. The maximum atomic E-state index is 6.36. The fourth-order valence-corrected chi connectivity index (χ4v) is 3.86. The maximum absolute atomic E-state index is 6.36. The van der Waals surface area contributed by atoms with Crippen LogP contribution in [0, 0.1) is 0 Å². The number of rotatable bonds is 4. The number of fused-ring (bicyclic) bond motifs is 1. The van der Waals surface area contributed by atoms with Gasteiger partial charge in [0.2, 0.25) is 4.96 Å². The van der Waals surface area contributed by atoms with E-state index in [4.69, 9.17) is 10.8 Å². The molecule has 0 saturated heterocycles. The predicted molar refractivity (Wildman–Crippen MR) is 76.3 cm³/mol. The molecule has 104 valence electrons. The molecule has 1 fully saturated rings. The number of aromatic nitrogens is 4. The monoisotopic (exact) mass is 279 g/mol. The van der Waals surface area contributed by atoms with Crippen LogP contribution < -0.4 is 5.73 Å². The Morgan fingerprint density at radius 3 is 2.79 bits per heavy atom. The second-order valence-electron chi connectivity index (χ2n) is 5.81. The highest BCUT2D eigenvalue weighted by atomic mass is 32.1. The first-order valence-electron chi connectivity index (χ1n) is 7.13. The van der Waals surface area contributed by atoms with E-state index in [2.05, 4.69) is 24.0 Å². The fourth-order valence-electron chi connectivity index (χ4n) is 2.93. The zero-order chi connectivity index (χ0) is 13.5. The molecule has 6 heteroatoms. The molecule has 0 aliphatic heterocycles. The molecule has 0 bridgehead atoms. The molecule has 2 heterocycles. The van der Waals surface area contributed by atoms with Crippen molar-refractivity contribution in [1.29, 1.82) is 0 Å². The van der Waals surface area contributed by atoms with Crippen LogP contribution in [0.3, 0.4) is 0 Å². The molecule has 1 saturated carbocycles. The topological polar surface area (TPSA) is 69.1 Å². The SMILES string of the molecule is CCCC(C)(N)c1nn2c(C3CCCC3)nnc2s1. The van der Waals surface area contributed by atoms with Gasteiger partial charge in [0.15, 0.2) is 5.82 Å².